The van der Waals surface area contributed by atoms with Crippen LogP contribution in [-0.4, -0.2) is 0 Å². The van der Waals surface area contributed by atoms with Gasteiger partial charge in [0.15, 0.2) is 0 Å². The van der Waals surface area contributed by atoms with E-state index in [1.54, 1.807) is 0 Å². The minimum atomic E-state index is -1.79. The van der Waals surface area contributed by atoms with E-state index < -0.39 is 15.2 Å². The third kappa shape index (κ3) is 5.35. The van der Waals surface area contributed by atoms with Gasteiger partial charge in [0, 0.05) is 0 Å². The third-order valence-corrected chi connectivity index (χ3v) is 4.69. The standard InChI is InChI=1S/C19H17P.Au.3ClH/c20-19(16-10-4-1-5-11-16,17-12-6-2-7-13-17)18-14-8-3-9-15-18;;;;/h1-15H,20H2;;3*1H/q;+3;;;/p-3. The van der Waals surface area contributed by atoms with Crippen LogP contribution in [0.4, 0.5) is 0 Å². The Morgan fingerprint density at radius 2 is 0.750 bits per heavy atom. The average Bonchev–Trinajstić information content (AvgIpc) is 2.63. The zero-order valence-corrected chi connectivity index (χ0v) is 18.3. The molecule has 3 rings (SSSR count). The summed E-state index contributed by atoms with van der Waals surface area (Å²) in [4.78, 5) is 0. The summed E-state index contributed by atoms with van der Waals surface area (Å²) in [6.07, 6.45) is 0. The van der Waals surface area contributed by atoms with Crippen LogP contribution < -0.4 is 0 Å². The molecule has 130 valence electrons. The van der Waals surface area contributed by atoms with Crippen LogP contribution in [0.2, 0.25) is 0 Å². The predicted octanol–water partition coefficient (Wildman–Crippen LogP) is 6.92. The maximum absolute atomic E-state index is 4.95. The predicted molar refractivity (Wildman–Crippen MR) is 106 cm³/mol. The zero-order valence-electron chi connectivity index (χ0n) is 12.7. The molecule has 1 unspecified atom stereocenters. The Bertz CT molecular complexity index is 622. The number of benzene rings is 3. The molecule has 24 heavy (non-hydrogen) atoms. The molecule has 1 atom stereocenters. The van der Waals surface area contributed by atoms with Gasteiger partial charge in [-0.15, -0.1) is 9.24 Å². The fourth-order valence-electron chi connectivity index (χ4n) is 2.60. The fourth-order valence-corrected chi connectivity index (χ4v) is 3.18. The van der Waals surface area contributed by atoms with Gasteiger partial charge in [0.05, 0.1) is 5.16 Å². The molecule has 0 bridgehead atoms. The van der Waals surface area contributed by atoms with Crippen LogP contribution in [-0.2, 0) is 20.4 Å². The van der Waals surface area contributed by atoms with E-state index in [1.165, 1.54) is 16.7 Å². The first kappa shape index (κ1) is 20.0. The quantitative estimate of drug-likeness (QED) is 0.180. The molecule has 0 saturated carbocycles. The number of hydrogen-bond acceptors (Lipinski definition) is 0. The van der Waals surface area contributed by atoms with Crippen molar-refractivity contribution >= 4 is 36.8 Å². The molecule has 0 amide bonds. The van der Waals surface area contributed by atoms with Crippen molar-refractivity contribution in [2.24, 2.45) is 0 Å². The van der Waals surface area contributed by atoms with Gasteiger partial charge in [0.2, 0.25) is 0 Å². The summed E-state index contributed by atoms with van der Waals surface area (Å²) < 4.78 is 0. The Hall–Kier alpha value is -0.300. The van der Waals surface area contributed by atoms with Crippen molar-refractivity contribution in [2.75, 3.05) is 0 Å². The molecule has 0 N–H and O–H groups in total. The Kier molecular flexibility index (Phi) is 8.34. The van der Waals surface area contributed by atoms with Crippen LogP contribution in [0, 0.1) is 0 Å². The Balaban J connectivity index is 0.000000471. The summed E-state index contributed by atoms with van der Waals surface area (Å²) in [6.45, 7) is 0. The molecule has 0 aliphatic rings. The van der Waals surface area contributed by atoms with E-state index in [0.29, 0.717) is 0 Å². The summed E-state index contributed by atoms with van der Waals surface area (Å²) >= 11 is -1.79. The second-order valence-electron chi connectivity index (χ2n) is 5.04. The zero-order chi connectivity index (χ0) is 17.4. The Morgan fingerprint density at radius 1 is 0.542 bits per heavy atom. The van der Waals surface area contributed by atoms with Crippen molar-refractivity contribution < 1.29 is 15.2 Å². The van der Waals surface area contributed by atoms with Crippen molar-refractivity contribution in [3.63, 3.8) is 0 Å². The van der Waals surface area contributed by atoms with Crippen LogP contribution in [0.3, 0.4) is 0 Å². The number of hydrogen-bond donors (Lipinski definition) is 0. The van der Waals surface area contributed by atoms with Gasteiger partial charge in [0.1, 0.15) is 0 Å². The van der Waals surface area contributed by atoms with Crippen molar-refractivity contribution in [2.45, 2.75) is 5.16 Å². The summed E-state index contributed by atoms with van der Waals surface area (Å²) in [5, 5.41) is -0.205. The molecule has 0 heterocycles. The van der Waals surface area contributed by atoms with E-state index in [0.717, 1.165) is 0 Å². The van der Waals surface area contributed by atoms with E-state index in [4.69, 9.17) is 27.6 Å². The molecule has 0 aliphatic carbocycles. The number of halogens is 3. The molecule has 0 saturated heterocycles. The van der Waals surface area contributed by atoms with Gasteiger partial charge in [-0.3, -0.25) is 0 Å². The van der Waals surface area contributed by atoms with Crippen LogP contribution in [0.15, 0.2) is 91.0 Å². The monoisotopic (exact) mass is 578 g/mol. The van der Waals surface area contributed by atoms with Crippen molar-refractivity contribution in [1.82, 2.24) is 0 Å². The van der Waals surface area contributed by atoms with Gasteiger partial charge in [-0.1, -0.05) is 91.0 Å². The van der Waals surface area contributed by atoms with Gasteiger partial charge < -0.3 is 0 Å². The van der Waals surface area contributed by atoms with Gasteiger partial charge >= 0.3 is 42.8 Å². The van der Waals surface area contributed by atoms with Crippen molar-refractivity contribution in [3.8, 4) is 0 Å². The second-order valence-corrected chi connectivity index (χ2v) is 15.3. The first-order valence-electron chi connectivity index (χ1n) is 7.11. The molecule has 0 spiro atoms. The van der Waals surface area contributed by atoms with Gasteiger partial charge in [-0.25, -0.2) is 0 Å². The summed E-state index contributed by atoms with van der Waals surface area (Å²) in [5.41, 5.74) is 3.84. The summed E-state index contributed by atoms with van der Waals surface area (Å²) in [7, 11) is 17.9. The molecule has 3 aromatic carbocycles. The van der Waals surface area contributed by atoms with Crippen molar-refractivity contribution in [3.05, 3.63) is 108 Å². The molecule has 0 fully saturated rings. The topological polar surface area (TPSA) is 0 Å². The SMILES string of the molecule is PC(c1ccccc1)(c1ccccc1)c1ccccc1.[Cl][Au]([Cl])[Cl]. The first-order chi connectivity index (χ1) is 11.5. The van der Waals surface area contributed by atoms with Gasteiger partial charge in [0.25, 0.3) is 0 Å². The Labute approximate surface area is 163 Å². The molecule has 0 aromatic heterocycles. The van der Waals surface area contributed by atoms with E-state index in [1.807, 2.05) is 0 Å². The Morgan fingerprint density at radius 3 is 0.958 bits per heavy atom. The van der Waals surface area contributed by atoms with Crippen molar-refractivity contribution in [1.29, 1.82) is 0 Å². The minimum absolute atomic E-state index is 0.205. The van der Waals surface area contributed by atoms with Crippen LogP contribution >= 0.6 is 36.8 Å². The van der Waals surface area contributed by atoms with E-state index in [-0.39, 0.29) is 5.16 Å². The van der Waals surface area contributed by atoms with E-state index >= 15 is 0 Å². The van der Waals surface area contributed by atoms with Crippen LogP contribution in [0.1, 0.15) is 16.7 Å². The van der Waals surface area contributed by atoms with E-state index in [2.05, 4.69) is 100 Å². The third-order valence-electron chi connectivity index (χ3n) is 3.69. The number of rotatable bonds is 3. The first-order valence-corrected chi connectivity index (χ1v) is 15.7. The fraction of sp³-hybridized carbons (Fsp3) is 0.0526. The molecule has 5 heteroatoms. The second kappa shape index (κ2) is 10.00. The molecule has 3 aromatic rings. The van der Waals surface area contributed by atoms with Crippen LogP contribution in [0.25, 0.3) is 0 Å². The van der Waals surface area contributed by atoms with Gasteiger partial charge in [-0.05, 0) is 16.7 Å². The molecule has 0 nitrogen and oxygen atoms in total. The summed E-state index contributed by atoms with van der Waals surface area (Å²) in [5.74, 6) is 0. The molecular formula is C19H17AuCl3P. The molecule has 0 radical (unpaired) electrons. The van der Waals surface area contributed by atoms with E-state index in [9.17, 15) is 0 Å². The summed E-state index contributed by atoms with van der Waals surface area (Å²) in [6, 6.07) is 31.9. The maximum atomic E-state index is 4.95. The van der Waals surface area contributed by atoms with Gasteiger partial charge in [-0.2, -0.15) is 0 Å². The van der Waals surface area contributed by atoms with Crippen LogP contribution in [0.5, 0.6) is 0 Å². The normalized spacial score (nSPS) is 11.2. The molecular weight excluding hydrogens is 563 g/mol. The molecule has 0 aliphatic heterocycles. The average molecular weight is 580 g/mol.